The molecule has 2 bridgehead atoms. The zero-order chi connectivity index (χ0) is 16.7. The fourth-order valence-corrected chi connectivity index (χ4v) is 5.09. The normalized spacial score (nSPS) is 32.5. The maximum Gasteiger partial charge on any atom is 0.0343 e. The molecule has 1 unspecified atom stereocenters. The van der Waals surface area contributed by atoms with Crippen molar-refractivity contribution in [3.63, 3.8) is 0 Å². The lowest BCUT2D eigenvalue weighted by atomic mass is 9.59. The second-order valence-corrected chi connectivity index (χ2v) is 8.82. The Labute approximate surface area is 148 Å². The minimum absolute atomic E-state index is 0.362. The Morgan fingerprint density at radius 2 is 2.12 bits per heavy atom. The first-order chi connectivity index (χ1) is 11.6. The largest absolute Gasteiger partial charge is 0.385 e. The third kappa shape index (κ3) is 2.87. The van der Waals surface area contributed by atoms with Crippen LogP contribution < -0.4 is 5.32 Å². The molecule has 1 aromatic carbocycles. The van der Waals surface area contributed by atoms with Gasteiger partial charge in [-0.05, 0) is 79.2 Å². The van der Waals surface area contributed by atoms with E-state index in [2.05, 4.69) is 49.2 Å². The van der Waals surface area contributed by atoms with Crippen LogP contribution >= 0.6 is 0 Å². The van der Waals surface area contributed by atoms with E-state index in [0.717, 1.165) is 24.4 Å². The Kier molecular flexibility index (Phi) is 4.36. The average molecular weight is 327 g/mol. The van der Waals surface area contributed by atoms with Crippen LogP contribution in [0.4, 0.5) is 5.69 Å². The third-order valence-corrected chi connectivity index (χ3v) is 7.17. The number of fused-ring (bicyclic) bond motifs is 4. The van der Waals surface area contributed by atoms with Crippen LogP contribution in [-0.2, 0) is 11.8 Å². The molecule has 0 amide bonds. The first-order valence-electron chi connectivity index (χ1n) is 10.2. The molecule has 1 saturated heterocycles. The minimum atomic E-state index is 0.362. The highest BCUT2D eigenvalue weighted by Crippen LogP contribution is 2.49. The van der Waals surface area contributed by atoms with Gasteiger partial charge in [0, 0.05) is 24.8 Å². The summed E-state index contributed by atoms with van der Waals surface area (Å²) < 4.78 is 0. The summed E-state index contributed by atoms with van der Waals surface area (Å²) in [6.45, 7) is 11.1. The zero-order valence-electron chi connectivity index (χ0n) is 15.8. The van der Waals surface area contributed by atoms with Crippen molar-refractivity contribution >= 4 is 5.69 Å². The Hall–Kier alpha value is -1.02. The van der Waals surface area contributed by atoms with Gasteiger partial charge in [-0.25, -0.2) is 0 Å². The smallest absolute Gasteiger partial charge is 0.0343 e. The Balaban J connectivity index is 1.58. The summed E-state index contributed by atoms with van der Waals surface area (Å²) in [5, 5.41) is 3.63. The van der Waals surface area contributed by atoms with Gasteiger partial charge < -0.3 is 5.32 Å². The summed E-state index contributed by atoms with van der Waals surface area (Å²) in [5.41, 5.74) is 4.94. The molecule has 1 aliphatic heterocycles. The van der Waals surface area contributed by atoms with Crippen molar-refractivity contribution in [2.45, 2.75) is 70.8 Å². The van der Waals surface area contributed by atoms with E-state index in [1.54, 1.807) is 11.1 Å². The van der Waals surface area contributed by atoms with Crippen molar-refractivity contribution in [1.82, 2.24) is 4.90 Å². The van der Waals surface area contributed by atoms with Crippen molar-refractivity contribution in [3.05, 3.63) is 29.3 Å². The van der Waals surface area contributed by atoms with Gasteiger partial charge in [0.1, 0.15) is 0 Å². The third-order valence-electron chi connectivity index (χ3n) is 7.17. The van der Waals surface area contributed by atoms with Gasteiger partial charge in [-0.3, -0.25) is 4.90 Å². The monoisotopic (exact) mass is 326 g/mol. The number of likely N-dealkylation sites (tertiary alicyclic amines) is 1. The van der Waals surface area contributed by atoms with E-state index in [0.29, 0.717) is 5.41 Å². The van der Waals surface area contributed by atoms with Gasteiger partial charge in [0.05, 0.1) is 0 Å². The molecular formula is C22H34N2. The summed E-state index contributed by atoms with van der Waals surface area (Å²) in [7, 11) is 0. The van der Waals surface area contributed by atoms with Gasteiger partial charge in [-0.1, -0.05) is 33.3 Å². The predicted molar refractivity (Wildman–Crippen MR) is 103 cm³/mol. The maximum absolute atomic E-state index is 3.63. The van der Waals surface area contributed by atoms with Crippen molar-refractivity contribution in [3.8, 4) is 0 Å². The lowest BCUT2D eigenvalue weighted by Gasteiger charge is -2.55. The summed E-state index contributed by atoms with van der Waals surface area (Å²) in [4.78, 5) is 2.83. The van der Waals surface area contributed by atoms with Gasteiger partial charge in [0.2, 0.25) is 0 Å². The molecule has 1 N–H and O–H groups in total. The number of benzene rings is 1. The van der Waals surface area contributed by atoms with Gasteiger partial charge >= 0.3 is 0 Å². The molecule has 1 aromatic rings. The van der Waals surface area contributed by atoms with Crippen molar-refractivity contribution in [1.29, 1.82) is 0 Å². The fourth-order valence-electron chi connectivity index (χ4n) is 5.09. The van der Waals surface area contributed by atoms with Gasteiger partial charge in [-0.2, -0.15) is 0 Å². The van der Waals surface area contributed by atoms with E-state index < -0.39 is 0 Å². The molecule has 0 spiro atoms. The number of rotatable bonds is 6. The van der Waals surface area contributed by atoms with Crippen LogP contribution in [0.5, 0.6) is 0 Å². The first-order valence-corrected chi connectivity index (χ1v) is 10.2. The zero-order valence-corrected chi connectivity index (χ0v) is 15.8. The van der Waals surface area contributed by atoms with E-state index in [4.69, 9.17) is 0 Å². The highest BCUT2D eigenvalue weighted by Gasteiger charge is 2.48. The highest BCUT2D eigenvalue weighted by molar-refractivity contribution is 5.53. The van der Waals surface area contributed by atoms with E-state index in [-0.39, 0.29) is 0 Å². The molecule has 2 nitrogen and oxygen atoms in total. The number of nitrogens with zero attached hydrogens (tertiary/aromatic N) is 1. The van der Waals surface area contributed by atoms with Crippen LogP contribution in [-0.4, -0.2) is 30.6 Å². The predicted octanol–water partition coefficient (Wildman–Crippen LogP) is 4.83. The van der Waals surface area contributed by atoms with Crippen LogP contribution in [0.1, 0.15) is 64.0 Å². The fraction of sp³-hybridized carbons (Fsp3) is 0.727. The average Bonchev–Trinajstić information content (AvgIpc) is 3.38. The lowest BCUT2D eigenvalue weighted by molar-refractivity contribution is 0.0284. The second-order valence-electron chi connectivity index (χ2n) is 8.82. The van der Waals surface area contributed by atoms with Crippen LogP contribution in [0.15, 0.2) is 18.2 Å². The quantitative estimate of drug-likeness (QED) is 0.753. The number of anilines is 1. The summed E-state index contributed by atoms with van der Waals surface area (Å²) in [5.74, 6) is 1.77. The number of piperidine rings is 1. The highest BCUT2D eigenvalue weighted by atomic mass is 15.2. The summed E-state index contributed by atoms with van der Waals surface area (Å²) in [6.07, 6.45) is 8.03. The van der Waals surface area contributed by atoms with E-state index in [9.17, 15) is 0 Å². The SMILES string of the molecule is CCCCNc1ccc2c(c1)[C@@]1(C)CCN(CC3CC3)C(C2)[C@@H]1C. The standard InChI is InChI=1S/C22H34N2/c1-4-5-11-23-19-9-8-18-13-21-16(2)22(3,20(18)14-19)10-12-24(21)15-17-6-7-17/h8-9,14,16-17,21,23H,4-7,10-13,15H2,1-3H3/t16-,21?,22-/m0/s1. The van der Waals surface area contributed by atoms with Gasteiger partial charge in [-0.15, -0.1) is 0 Å². The number of unbranched alkanes of at least 4 members (excludes halogenated alkanes) is 1. The van der Waals surface area contributed by atoms with E-state index in [1.807, 2.05) is 0 Å². The molecule has 4 rings (SSSR count). The van der Waals surface area contributed by atoms with Crippen LogP contribution in [0.3, 0.4) is 0 Å². The van der Waals surface area contributed by atoms with Crippen LogP contribution in [0.2, 0.25) is 0 Å². The first kappa shape index (κ1) is 16.4. The van der Waals surface area contributed by atoms with Crippen LogP contribution in [0, 0.1) is 11.8 Å². The molecule has 1 heterocycles. The molecular weight excluding hydrogens is 292 g/mol. The van der Waals surface area contributed by atoms with Gasteiger partial charge in [0.15, 0.2) is 0 Å². The van der Waals surface area contributed by atoms with Gasteiger partial charge in [0.25, 0.3) is 0 Å². The molecule has 2 aliphatic carbocycles. The molecule has 0 aromatic heterocycles. The Morgan fingerprint density at radius 1 is 1.29 bits per heavy atom. The van der Waals surface area contributed by atoms with E-state index in [1.165, 1.54) is 57.3 Å². The summed E-state index contributed by atoms with van der Waals surface area (Å²) in [6, 6.07) is 7.97. The topological polar surface area (TPSA) is 15.3 Å². The van der Waals surface area contributed by atoms with E-state index >= 15 is 0 Å². The Bertz CT molecular complexity index is 592. The molecule has 3 atom stereocenters. The number of hydrogen-bond acceptors (Lipinski definition) is 2. The van der Waals surface area contributed by atoms with Crippen LogP contribution in [0.25, 0.3) is 0 Å². The molecule has 24 heavy (non-hydrogen) atoms. The molecule has 1 saturated carbocycles. The second kappa shape index (κ2) is 6.37. The molecule has 2 fully saturated rings. The molecule has 0 radical (unpaired) electrons. The molecule has 3 aliphatic rings. The lowest BCUT2D eigenvalue weighted by Crippen LogP contribution is -2.58. The van der Waals surface area contributed by atoms with Crippen molar-refractivity contribution in [2.75, 3.05) is 25.0 Å². The molecule has 132 valence electrons. The van der Waals surface area contributed by atoms with Crippen molar-refractivity contribution < 1.29 is 0 Å². The Morgan fingerprint density at radius 3 is 2.88 bits per heavy atom. The van der Waals surface area contributed by atoms with Crippen molar-refractivity contribution in [2.24, 2.45) is 11.8 Å². The molecule has 2 heteroatoms. The minimum Gasteiger partial charge on any atom is -0.385 e. The maximum atomic E-state index is 3.63. The number of nitrogens with one attached hydrogen (secondary N) is 1. The summed E-state index contributed by atoms with van der Waals surface area (Å²) >= 11 is 0. The number of hydrogen-bond donors (Lipinski definition) is 1.